The van der Waals surface area contributed by atoms with Gasteiger partial charge in [-0.25, -0.2) is 4.68 Å². The number of hydrogen-bond acceptors (Lipinski definition) is 7. The van der Waals surface area contributed by atoms with Crippen LogP contribution in [0, 0.1) is 0 Å². The highest BCUT2D eigenvalue weighted by Crippen LogP contribution is 2.38. The van der Waals surface area contributed by atoms with Gasteiger partial charge in [0.15, 0.2) is 11.5 Å². The molecule has 3 aliphatic heterocycles. The highest BCUT2D eigenvalue weighted by Gasteiger charge is 2.35. The molecule has 4 heterocycles. The van der Waals surface area contributed by atoms with Crippen LogP contribution in [-0.2, 0) is 9.53 Å². The van der Waals surface area contributed by atoms with E-state index in [0.717, 1.165) is 47.7 Å². The molecule has 2 aromatic carbocycles. The smallest absolute Gasteiger partial charge is 0.266 e. The van der Waals surface area contributed by atoms with Gasteiger partial charge in [-0.15, -0.1) is 0 Å². The van der Waals surface area contributed by atoms with Crippen LogP contribution in [0.4, 0.5) is 0 Å². The molecule has 1 amide bonds. The zero-order chi connectivity index (χ0) is 23.8. The lowest BCUT2D eigenvalue weighted by Crippen LogP contribution is -2.35. The summed E-state index contributed by atoms with van der Waals surface area (Å²) in [5, 5.41) is 4.88. The number of ether oxygens (including phenoxy) is 3. The van der Waals surface area contributed by atoms with Crippen molar-refractivity contribution in [2.24, 2.45) is 0 Å². The fourth-order valence-electron chi connectivity index (χ4n) is 4.41. The second-order valence-electron chi connectivity index (χ2n) is 8.50. The van der Waals surface area contributed by atoms with E-state index in [-0.39, 0.29) is 12.0 Å². The summed E-state index contributed by atoms with van der Waals surface area (Å²) in [6, 6.07) is 15.7. The van der Waals surface area contributed by atoms with Gasteiger partial charge in [-0.1, -0.05) is 42.2 Å². The molecule has 0 unspecified atom stereocenters. The quantitative estimate of drug-likeness (QED) is 0.368. The first-order valence-corrected chi connectivity index (χ1v) is 12.8. The average Bonchev–Trinajstić information content (AvgIpc) is 3.62. The minimum Gasteiger partial charge on any atom is -0.486 e. The lowest BCUT2D eigenvalue weighted by molar-refractivity contribution is -0.123. The Morgan fingerprint density at radius 2 is 1.91 bits per heavy atom. The van der Waals surface area contributed by atoms with Gasteiger partial charge in [0.1, 0.15) is 23.2 Å². The molecule has 3 aromatic rings. The van der Waals surface area contributed by atoms with Crippen LogP contribution in [0.25, 0.3) is 23.0 Å². The monoisotopic (exact) mass is 505 g/mol. The minimum atomic E-state index is -0.0870. The number of rotatable bonds is 5. The molecule has 7 nitrogen and oxygen atoms in total. The molecule has 9 heteroatoms. The number of carbonyl (C=O) groups is 1. The van der Waals surface area contributed by atoms with Crippen molar-refractivity contribution in [2.75, 3.05) is 26.4 Å². The largest absolute Gasteiger partial charge is 0.486 e. The molecule has 178 valence electrons. The van der Waals surface area contributed by atoms with E-state index in [2.05, 4.69) is 0 Å². The van der Waals surface area contributed by atoms with Crippen LogP contribution < -0.4 is 9.47 Å². The SMILES string of the molecule is O=C1/C(=C/c2cn(-c3ccccc3)nc2-c2ccc3c(c2)OCCO3)SC(=S)N1C[C@H]1CCCO1. The van der Waals surface area contributed by atoms with Crippen molar-refractivity contribution in [2.45, 2.75) is 18.9 Å². The Bertz CT molecular complexity index is 1320. The highest BCUT2D eigenvalue weighted by atomic mass is 32.2. The summed E-state index contributed by atoms with van der Waals surface area (Å²) >= 11 is 6.86. The number of nitrogens with zero attached hydrogens (tertiary/aromatic N) is 3. The fourth-order valence-corrected chi connectivity index (χ4v) is 5.68. The number of aromatic nitrogens is 2. The summed E-state index contributed by atoms with van der Waals surface area (Å²) in [6.07, 6.45) is 5.84. The number of hydrogen-bond donors (Lipinski definition) is 0. The van der Waals surface area contributed by atoms with Crippen molar-refractivity contribution in [3.05, 3.63) is 65.2 Å². The number of carbonyl (C=O) groups excluding carboxylic acids is 1. The number of para-hydroxylation sites is 1. The molecule has 0 saturated carbocycles. The van der Waals surface area contributed by atoms with Crippen LogP contribution in [0.3, 0.4) is 0 Å². The van der Waals surface area contributed by atoms with Crippen molar-refractivity contribution in [3.63, 3.8) is 0 Å². The van der Waals surface area contributed by atoms with Crippen molar-refractivity contribution < 1.29 is 19.0 Å². The first-order chi connectivity index (χ1) is 17.2. The van der Waals surface area contributed by atoms with E-state index in [1.807, 2.05) is 65.5 Å². The van der Waals surface area contributed by atoms with E-state index in [4.69, 9.17) is 31.5 Å². The molecule has 3 aliphatic rings. The summed E-state index contributed by atoms with van der Waals surface area (Å²) in [6.45, 7) is 2.29. The highest BCUT2D eigenvalue weighted by molar-refractivity contribution is 8.26. The van der Waals surface area contributed by atoms with Gasteiger partial charge < -0.3 is 14.2 Å². The number of thioether (sulfide) groups is 1. The zero-order valence-corrected chi connectivity index (χ0v) is 20.5. The van der Waals surface area contributed by atoms with Gasteiger partial charge in [-0.05, 0) is 49.2 Å². The molecule has 0 spiro atoms. The maximum atomic E-state index is 13.3. The third kappa shape index (κ3) is 4.47. The topological polar surface area (TPSA) is 65.8 Å². The van der Waals surface area contributed by atoms with Crippen LogP contribution >= 0.6 is 24.0 Å². The van der Waals surface area contributed by atoms with Crippen LogP contribution in [-0.4, -0.2) is 57.4 Å². The summed E-state index contributed by atoms with van der Waals surface area (Å²) in [5.74, 6) is 1.33. The normalized spacial score (nSPS) is 20.7. The van der Waals surface area contributed by atoms with Crippen LogP contribution in [0.5, 0.6) is 11.5 Å². The Kier molecular flexibility index (Phi) is 6.05. The van der Waals surface area contributed by atoms with Crippen LogP contribution in [0.1, 0.15) is 18.4 Å². The van der Waals surface area contributed by atoms with E-state index in [0.29, 0.717) is 34.7 Å². The molecule has 2 saturated heterocycles. The zero-order valence-electron chi connectivity index (χ0n) is 18.9. The number of benzene rings is 2. The van der Waals surface area contributed by atoms with E-state index in [1.165, 1.54) is 11.8 Å². The first kappa shape index (κ1) is 22.3. The Hall–Kier alpha value is -3.14. The Morgan fingerprint density at radius 1 is 1.09 bits per heavy atom. The maximum Gasteiger partial charge on any atom is 0.266 e. The van der Waals surface area contributed by atoms with E-state index >= 15 is 0 Å². The lowest BCUT2D eigenvalue weighted by Gasteiger charge is -2.18. The van der Waals surface area contributed by atoms with Gasteiger partial charge in [-0.2, -0.15) is 5.10 Å². The van der Waals surface area contributed by atoms with Gasteiger partial charge in [0.25, 0.3) is 5.91 Å². The van der Waals surface area contributed by atoms with Gasteiger partial charge >= 0.3 is 0 Å². The van der Waals surface area contributed by atoms with Crippen LogP contribution in [0.2, 0.25) is 0 Å². The van der Waals surface area contributed by atoms with Crippen molar-refractivity contribution in [1.82, 2.24) is 14.7 Å². The van der Waals surface area contributed by atoms with Gasteiger partial charge in [-0.3, -0.25) is 9.69 Å². The van der Waals surface area contributed by atoms with Gasteiger partial charge in [0.05, 0.1) is 23.2 Å². The summed E-state index contributed by atoms with van der Waals surface area (Å²) in [7, 11) is 0. The van der Waals surface area contributed by atoms with Gasteiger partial charge in [0.2, 0.25) is 0 Å². The lowest BCUT2D eigenvalue weighted by atomic mass is 10.1. The molecular weight excluding hydrogens is 482 g/mol. The Morgan fingerprint density at radius 3 is 2.71 bits per heavy atom. The average molecular weight is 506 g/mol. The first-order valence-electron chi connectivity index (χ1n) is 11.6. The number of amides is 1. The molecule has 35 heavy (non-hydrogen) atoms. The Balaban J connectivity index is 1.38. The Labute approximate surface area is 212 Å². The molecule has 6 rings (SSSR count). The summed E-state index contributed by atoms with van der Waals surface area (Å²) in [5.41, 5.74) is 3.38. The third-order valence-electron chi connectivity index (χ3n) is 6.15. The van der Waals surface area contributed by atoms with Gasteiger partial charge in [0, 0.05) is 23.9 Å². The van der Waals surface area contributed by atoms with E-state index in [1.54, 1.807) is 4.90 Å². The van der Waals surface area contributed by atoms with Crippen molar-refractivity contribution in [1.29, 1.82) is 0 Å². The maximum absolute atomic E-state index is 13.3. The molecule has 0 radical (unpaired) electrons. The molecule has 1 aromatic heterocycles. The molecule has 0 bridgehead atoms. The second-order valence-corrected chi connectivity index (χ2v) is 10.2. The second kappa shape index (κ2) is 9.49. The molecule has 0 aliphatic carbocycles. The molecule has 1 atom stereocenters. The standard InChI is InChI=1S/C26H23N3O4S2/c30-25-23(35-26(34)28(25)16-20-7-4-10-31-20)14-18-15-29(19-5-2-1-3-6-19)27-24(18)17-8-9-21-22(13-17)33-12-11-32-21/h1-3,5-6,8-9,13-15,20H,4,7,10-12,16H2/b23-14-/t20-/m1/s1. The van der Waals surface area contributed by atoms with Crippen molar-refractivity contribution >= 4 is 40.3 Å². The molecule has 2 fully saturated rings. The van der Waals surface area contributed by atoms with E-state index in [9.17, 15) is 4.79 Å². The third-order valence-corrected chi connectivity index (χ3v) is 7.53. The van der Waals surface area contributed by atoms with Crippen molar-refractivity contribution in [3.8, 4) is 28.4 Å². The fraction of sp³-hybridized carbons (Fsp3) is 0.269. The summed E-state index contributed by atoms with van der Waals surface area (Å²) in [4.78, 5) is 15.5. The predicted octanol–water partition coefficient (Wildman–Crippen LogP) is 4.69. The molecule has 0 N–H and O–H groups in total. The predicted molar refractivity (Wildman–Crippen MR) is 139 cm³/mol. The summed E-state index contributed by atoms with van der Waals surface area (Å²) < 4.78 is 19.6. The minimum absolute atomic E-state index is 0.0472. The van der Waals surface area contributed by atoms with Crippen LogP contribution in [0.15, 0.2) is 59.6 Å². The van der Waals surface area contributed by atoms with E-state index < -0.39 is 0 Å². The number of fused-ring (bicyclic) bond motifs is 1. The molecular formula is C26H23N3O4S2. The number of thiocarbonyl (C=S) groups is 1.